The summed E-state index contributed by atoms with van der Waals surface area (Å²) in [6, 6.07) is 17.8. The molecule has 0 aliphatic heterocycles. The Labute approximate surface area is 150 Å². The fourth-order valence-electron chi connectivity index (χ4n) is 2.27. The molecule has 0 amide bonds. The van der Waals surface area contributed by atoms with E-state index in [0.29, 0.717) is 13.2 Å². The topological polar surface area (TPSA) is 54.9 Å². The molecule has 0 unspecified atom stereocenters. The summed E-state index contributed by atoms with van der Waals surface area (Å²) in [5.74, 6) is 2.56. The zero-order valence-electron chi connectivity index (χ0n) is 15.0. The highest BCUT2D eigenvalue weighted by Crippen LogP contribution is 2.13. The molecule has 5 heteroatoms. The fraction of sp³-hybridized carbons (Fsp3) is 0.350. The number of rotatable bonds is 9. The molecule has 2 aromatic rings. The van der Waals surface area contributed by atoms with E-state index >= 15 is 0 Å². The summed E-state index contributed by atoms with van der Waals surface area (Å²) >= 11 is 0. The first-order valence-corrected chi connectivity index (χ1v) is 8.64. The molecule has 2 aromatic carbocycles. The Morgan fingerprint density at radius 1 is 1.00 bits per heavy atom. The molecule has 0 saturated heterocycles. The molecule has 0 aliphatic rings. The van der Waals surface area contributed by atoms with Crippen LogP contribution in [0.1, 0.15) is 18.9 Å². The van der Waals surface area contributed by atoms with Crippen LogP contribution in [0.4, 0.5) is 0 Å². The molecule has 134 valence electrons. The number of hydrogen-bond donors (Lipinski definition) is 2. The third kappa shape index (κ3) is 7.16. The van der Waals surface area contributed by atoms with Crippen molar-refractivity contribution in [1.82, 2.24) is 10.6 Å². The number of benzene rings is 2. The molecule has 2 N–H and O–H groups in total. The Kier molecular flexibility index (Phi) is 8.18. The van der Waals surface area contributed by atoms with Gasteiger partial charge in [-0.15, -0.1) is 0 Å². The minimum atomic E-state index is 0.604. The molecule has 0 fully saturated rings. The third-order valence-corrected chi connectivity index (χ3v) is 3.52. The van der Waals surface area contributed by atoms with Crippen molar-refractivity contribution in [3.05, 3.63) is 60.2 Å². The van der Waals surface area contributed by atoms with Crippen molar-refractivity contribution < 1.29 is 9.47 Å². The van der Waals surface area contributed by atoms with E-state index in [0.717, 1.165) is 42.5 Å². The molecule has 0 atom stereocenters. The van der Waals surface area contributed by atoms with E-state index in [4.69, 9.17) is 9.47 Å². The second-order valence-electron chi connectivity index (χ2n) is 5.49. The van der Waals surface area contributed by atoms with E-state index < -0.39 is 0 Å². The largest absolute Gasteiger partial charge is 0.497 e. The number of methoxy groups -OCH3 is 1. The minimum absolute atomic E-state index is 0.604. The molecule has 5 nitrogen and oxygen atoms in total. The van der Waals surface area contributed by atoms with Gasteiger partial charge in [-0.05, 0) is 43.2 Å². The summed E-state index contributed by atoms with van der Waals surface area (Å²) in [5.41, 5.74) is 1.11. The average molecular weight is 341 g/mol. The van der Waals surface area contributed by atoms with Gasteiger partial charge in [-0.25, -0.2) is 4.99 Å². The normalized spacial score (nSPS) is 11.0. The van der Waals surface area contributed by atoms with Gasteiger partial charge in [0, 0.05) is 13.1 Å². The first kappa shape index (κ1) is 18.6. The molecular formula is C20H27N3O2. The lowest BCUT2D eigenvalue weighted by atomic mass is 10.2. The number of hydrogen-bond acceptors (Lipinski definition) is 3. The first-order chi connectivity index (χ1) is 12.3. The summed E-state index contributed by atoms with van der Waals surface area (Å²) in [5, 5.41) is 6.59. The maximum atomic E-state index is 5.69. The van der Waals surface area contributed by atoms with Gasteiger partial charge in [0.05, 0.1) is 20.3 Å². The molecule has 0 bridgehead atoms. The number of guanidine groups is 1. The Morgan fingerprint density at radius 3 is 2.56 bits per heavy atom. The number of para-hydroxylation sites is 1. The fourth-order valence-corrected chi connectivity index (χ4v) is 2.27. The Bertz CT molecular complexity index is 644. The van der Waals surface area contributed by atoms with Crippen molar-refractivity contribution in [2.24, 2.45) is 4.99 Å². The van der Waals surface area contributed by atoms with Crippen LogP contribution in [0.5, 0.6) is 11.5 Å². The second-order valence-corrected chi connectivity index (χ2v) is 5.49. The lowest BCUT2D eigenvalue weighted by Gasteiger charge is -2.12. The van der Waals surface area contributed by atoms with Crippen molar-refractivity contribution in [3.8, 4) is 11.5 Å². The van der Waals surface area contributed by atoms with E-state index in [9.17, 15) is 0 Å². The zero-order chi connectivity index (χ0) is 17.7. The zero-order valence-corrected chi connectivity index (χ0v) is 15.0. The highest BCUT2D eigenvalue weighted by atomic mass is 16.5. The van der Waals surface area contributed by atoms with Crippen LogP contribution in [0.15, 0.2) is 59.6 Å². The summed E-state index contributed by atoms with van der Waals surface area (Å²) in [4.78, 5) is 4.61. The number of ether oxygens (including phenoxy) is 2. The highest BCUT2D eigenvalue weighted by molar-refractivity contribution is 5.79. The van der Waals surface area contributed by atoms with Crippen LogP contribution in [0.25, 0.3) is 0 Å². The summed E-state index contributed by atoms with van der Waals surface area (Å²) in [6.45, 7) is 4.96. The lowest BCUT2D eigenvalue weighted by molar-refractivity contribution is 0.311. The van der Waals surface area contributed by atoms with Gasteiger partial charge in [0.25, 0.3) is 0 Å². The summed E-state index contributed by atoms with van der Waals surface area (Å²) in [7, 11) is 1.67. The molecule has 2 rings (SSSR count). The molecule has 0 spiro atoms. The second kappa shape index (κ2) is 11.0. The average Bonchev–Trinajstić information content (AvgIpc) is 2.66. The van der Waals surface area contributed by atoms with Crippen LogP contribution < -0.4 is 20.1 Å². The predicted molar refractivity (Wildman–Crippen MR) is 102 cm³/mol. The maximum absolute atomic E-state index is 5.69. The van der Waals surface area contributed by atoms with Crippen LogP contribution >= 0.6 is 0 Å². The molecule has 25 heavy (non-hydrogen) atoms. The van der Waals surface area contributed by atoms with E-state index in [1.54, 1.807) is 7.11 Å². The van der Waals surface area contributed by atoms with E-state index in [2.05, 4.69) is 22.5 Å². The summed E-state index contributed by atoms with van der Waals surface area (Å²) in [6.07, 6.45) is 0.901. The quantitative estimate of drug-likeness (QED) is 0.418. The van der Waals surface area contributed by atoms with Crippen molar-refractivity contribution in [2.45, 2.75) is 19.9 Å². The van der Waals surface area contributed by atoms with Crippen LogP contribution in [0, 0.1) is 0 Å². The van der Waals surface area contributed by atoms with Crippen molar-refractivity contribution >= 4 is 5.96 Å². The van der Waals surface area contributed by atoms with E-state index in [-0.39, 0.29) is 0 Å². The lowest BCUT2D eigenvalue weighted by Crippen LogP contribution is -2.38. The highest BCUT2D eigenvalue weighted by Gasteiger charge is 1.99. The number of nitrogens with one attached hydrogen (secondary N) is 2. The molecule has 0 radical (unpaired) electrons. The van der Waals surface area contributed by atoms with Gasteiger partial charge in [0.15, 0.2) is 5.96 Å². The van der Waals surface area contributed by atoms with Crippen molar-refractivity contribution in [1.29, 1.82) is 0 Å². The summed E-state index contributed by atoms with van der Waals surface area (Å²) < 4.78 is 10.9. The van der Waals surface area contributed by atoms with Gasteiger partial charge in [0.1, 0.15) is 11.5 Å². The van der Waals surface area contributed by atoms with Crippen LogP contribution in [-0.2, 0) is 6.54 Å². The van der Waals surface area contributed by atoms with Gasteiger partial charge >= 0.3 is 0 Å². The van der Waals surface area contributed by atoms with Crippen molar-refractivity contribution in [3.63, 3.8) is 0 Å². The Morgan fingerprint density at radius 2 is 1.80 bits per heavy atom. The van der Waals surface area contributed by atoms with E-state index in [1.807, 2.05) is 54.6 Å². The molecule has 0 saturated carbocycles. The van der Waals surface area contributed by atoms with Crippen LogP contribution in [-0.4, -0.2) is 32.8 Å². The number of aliphatic imine (C=N–C) groups is 1. The smallest absolute Gasteiger partial charge is 0.191 e. The first-order valence-electron chi connectivity index (χ1n) is 8.64. The molecule has 0 aliphatic carbocycles. The van der Waals surface area contributed by atoms with Crippen LogP contribution in [0.3, 0.4) is 0 Å². The van der Waals surface area contributed by atoms with Crippen LogP contribution in [0.2, 0.25) is 0 Å². The predicted octanol–water partition coefficient (Wildman–Crippen LogP) is 3.22. The van der Waals surface area contributed by atoms with Gasteiger partial charge in [-0.1, -0.05) is 30.3 Å². The van der Waals surface area contributed by atoms with Gasteiger partial charge < -0.3 is 20.1 Å². The standard InChI is InChI=1S/C20H27N3O2/c1-3-21-20(23-16-17-9-7-12-19(15-17)24-2)22-13-8-14-25-18-10-5-4-6-11-18/h4-7,9-12,15H,3,8,13-14,16H2,1-2H3,(H2,21,22,23). The SMILES string of the molecule is CCNC(=NCc1cccc(OC)c1)NCCCOc1ccccc1. The molecular weight excluding hydrogens is 314 g/mol. The molecule has 0 aromatic heterocycles. The number of nitrogens with zero attached hydrogens (tertiary/aromatic N) is 1. The Balaban J connectivity index is 1.75. The maximum Gasteiger partial charge on any atom is 0.191 e. The van der Waals surface area contributed by atoms with E-state index in [1.165, 1.54) is 0 Å². The monoisotopic (exact) mass is 341 g/mol. The van der Waals surface area contributed by atoms with Crippen molar-refractivity contribution in [2.75, 3.05) is 26.8 Å². The van der Waals surface area contributed by atoms with Gasteiger partial charge in [-0.2, -0.15) is 0 Å². The molecule has 0 heterocycles. The minimum Gasteiger partial charge on any atom is -0.497 e. The third-order valence-electron chi connectivity index (χ3n) is 3.52. The van der Waals surface area contributed by atoms with Gasteiger partial charge in [-0.3, -0.25) is 0 Å². The Hall–Kier alpha value is -2.69. The van der Waals surface area contributed by atoms with Gasteiger partial charge in [0.2, 0.25) is 0 Å².